The minimum absolute atomic E-state index is 0.167. The van der Waals surface area contributed by atoms with Gasteiger partial charge >= 0.3 is 5.97 Å². The monoisotopic (exact) mass is 574 g/mol. The number of aromatic nitrogens is 1. The average molecular weight is 575 g/mol. The van der Waals surface area contributed by atoms with Crippen molar-refractivity contribution in [3.05, 3.63) is 85.1 Å². The second-order valence-corrected chi connectivity index (χ2v) is 10.4. The molecule has 11 heteroatoms. The summed E-state index contributed by atoms with van der Waals surface area (Å²) in [7, 11) is 1.54. The Balaban J connectivity index is 1.65. The van der Waals surface area contributed by atoms with E-state index in [1.54, 1.807) is 64.3 Å². The molecule has 0 spiro atoms. The Hall–Kier alpha value is -4.51. The third-order valence-electron chi connectivity index (χ3n) is 6.82. The molecule has 3 heterocycles. The molecule has 0 bridgehead atoms. The summed E-state index contributed by atoms with van der Waals surface area (Å²) in [5, 5.41) is 5.80. The van der Waals surface area contributed by atoms with Crippen LogP contribution in [0.15, 0.2) is 74.7 Å². The van der Waals surface area contributed by atoms with Crippen LogP contribution in [0.5, 0.6) is 11.5 Å². The molecule has 5 rings (SSSR count). The maximum atomic E-state index is 14.0. The Morgan fingerprint density at radius 1 is 1.05 bits per heavy atom. The third-order valence-corrected chi connectivity index (χ3v) is 7.82. The van der Waals surface area contributed by atoms with Crippen LogP contribution in [0.3, 0.4) is 0 Å². The summed E-state index contributed by atoms with van der Waals surface area (Å²) in [4.78, 5) is 45.6. The Morgan fingerprint density at radius 2 is 1.80 bits per heavy atom. The maximum absolute atomic E-state index is 14.0. The van der Waals surface area contributed by atoms with E-state index in [-0.39, 0.29) is 23.6 Å². The van der Waals surface area contributed by atoms with Gasteiger partial charge in [-0.15, -0.1) is 0 Å². The normalized spacial score (nSPS) is 18.7. The Morgan fingerprint density at radius 3 is 2.49 bits per heavy atom. The lowest BCUT2D eigenvalue weighted by molar-refractivity contribution is -0.139. The smallest absolute Gasteiger partial charge is 0.338 e. The van der Waals surface area contributed by atoms with Crippen LogP contribution in [0, 0.1) is 5.92 Å². The average Bonchev–Trinajstić information content (AvgIpc) is 3.43. The number of carbonyl (C=O) groups excluding carboxylic acids is 2. The Kier molecular flexibility index (Phi) is 7.89. The summed E-state index contributed by atoms with van der Waals surface area (Å²) < 4.78 is 18.4. The Bertz CT molecular complexity index is 1760. The van der Waals surface area contributed by atoms with Gasteiger partial charge in [0, 0.05) is 0 Å². The van der Waals surface area contributed by atoms with Gasteiger partial charge in [-0.3, -0.25) is 14.2 Å². The van der Waals surface area contributed by atoms with E-state index in [9.17, 15) is 14.4 Å². The lowest BCUT2D eigenvalue weighted by atomic mass is 9.95. The van der Waals surface area contributed by atoms with Gasteiger partial charge in [0.15, 0.2) is 16.3 Å². The van der Waals surface area contributed by atoms with Crippen LogP contribution in [0.2, 0.25) is 0 Å². The van der Waals surface area contributed by atoms with Crippen molar-refractivity contribution in [2.75, 3.05) is 25.3 Å². The van der Waals surface area contributed by atoms with Crippen molar-refractivity contribution >= 4 is 40.7 Å². The molecule has 0 aliphatic carbocycles. The van der Waals surface area contributed by atoms with Crippen LogP contribution in [-0.4, -0.2) is 42.5 Å². The second-order valence-electron chi connectivity index (χ2n) is 9.37. The molecule has 2 aromatic carbocycles. The zero-order valence-electron chi connectivity index (χ0n) is 23.4. The van der Waals surface area contributed by atoms with Gasteiger partial charge in [-0.1, -0.05) is 35.6 Å². The first-order valence-electron chi connectivity index (χ1n) is 13.2. The summed E-state index contributed by atoms with van der Waals surface area (Å²) in [6.45, 7) is 7.63. The SMILES string of the molecule is CCOC(=O)C1=C(C)N=c2s/c(=C/[C@@H]3C(=O)N(c4ccccc4)N=C3C)c(=O)n2[C@H]1c1ccc(OC)c(OCC)c1. The number of amides is 1. The number of hydrazone groups is 1. The van der Waals surface area contributed by atoms with Crippen LogP contribution in [-0.2, 0) is 14.3 Å². The molecule has 1 amide bonds. The lowest BCUT2D eigenvalue weighted by Crippen LogP contribution is -2.40. The Labute approximate surface area is 240 Å². The fourth-order valence-electron chi connectivity index (χ4n) is 4.93. The number of nitrogens with zero attached hydrogens (tertiary/aromatic N) is 4. The van der Waals surface area contributed by atoms with Crippen molar-refractivity contribution < 1.29 is 23.8 Å². The van der Waals surface area contributed by atoms with E-state index >= 15 is 0 Å². The zero-order valence-corrected chi connectivity index (χ0v) is 24.2. The molecule has 2 aliphatic heterocycles. The van der Waals surface area contributed by atoms with E-state index in [1.807, 2.05) is 25.1 Å². The summed E-state index contributed by atoms with van der Waals surface area (Å²) in [6.07, 6.45) is 1.63. The van der Waals surface area contributed by atoms with Crippen LogP contribution in [0.25, 0.3) is 6.08 Å². The highest BCUT2D eigenvalue weighted by molar-refractivity contribution is 7.07. The van der Waals surface area contributed by atoms with E-state index in [1.165, 1.54) is 9.58 Å². The lowest BCUT2D eigenvalue weighted by Gasteiger charge is -2.25. The standard InChI is InChI=1S/C30H30N4O6S/c1-6-39-23-15-19(13-14-22(23)38-5)26-25(29(37)40-7-2)18(4)31-30-33(26)28(36)24(41-30)16-21-17(3)32-34(27(21)35)20-11-9-8-10-12-20/h8-16,21,26H,6-7H2,1-5H3/b24-16+/t21-,26-/m0/s1. The fourth-order valence-corrected chi connectivity index (χ4v) is 5.99. The second kappa shape index (κ2) is 11.5. The van der Waals surface area contributed by atoms with Crippen molar-refractivity contribution in [2.45, 2.75) is 33.7 Å². The van der Waals surface area contributed by atoms with E-state index in [0.717, 1.165) is 11.3 Å². The van der Waals surface area contributed by atoms with Crippen molar-refractivity contribution in [1.29, 1.82) is 0 Å². The first kappa shape index (κ1) is 28.0. The van der Waals surface area contributed by atoms with Crippen LogP contribution < -0.4 is 29.4 Å². The number of hydrogen-bond donors (Lipinski definition) is 0. The molecule has 0 unspecified atom stereocenters. The predicted molar refractivity (Wildman–Crippen MR) is 156 cm³/mol. The number of rotatable bonds is 8. The molecule has 0 saturated heterocycles. The molecule has 1 aromatic heterocycles. The highest BCUT2D eigenvalue weighted by Crippen LogP contribution is 2.36. The topological polar surface area (TPSA) is 112 Å². The van der Waals surface area contributed by atoms with E-state index in [0.29, 0.717) is 50.1 Å². The molecule has 212 valence electrons. The predicted octanol–water partition coefficient (Wildman–Crippen LogP) is 3.20. The molecule has 10 nitrogen and oxygen atoms in total. The van der Waals surface area contributed by atoms with Gasteiger partial charge in [0.1, 0.15) is 5.92 Å². The summed E-state index contributed by atoms with van der Waals surface area (Å²) in [5.41, 5.74) is 2.17. The first-order valence-corrected chi connectivity index (χ1v) is 14.0. The van der Waals surface area contributed by atoms with Gasteiger partial charge in [0.25, 0.3) is 11.5 Å². The molecular formula is C30H30N4O6S. The quantitative estimate of drug-likeness (QED) is 0.382. The molecule has 2 aliphatic rings. The number of anilines is 1. The molecule has 3 aromatic rings. The number of carbonyl (C=O) groups is 2. The van der Waals surface area contributed by atoms with E-state index in [4.69, 9.17) is 14.2 Å². The number of thiazole rings is 1. The summed E-state index contributed by atoms with van der Waals surface area (Å²) >= 11 is 1.16. The molecular weight excluding hydrogens is 544 g/mol. The third kappa shape index (κ3) is 5.08. The zero-order chi connectivity index (χ0) is 29.3. The van der Waals surface area contributed by atoms with Crippen molar-refractivity contribution in [1.82, 2.24) is 4.57 Å². The van der Waals surface area contributed by atoms with Crippen molar-refractivity contribution in [3.63, 3.8) is 0 Å². The number of para-hydroxylation sites is 1. The summed E-state index contributed by atoms with van der Waals surface area (Å²) in [5.74, 6) is -0.521. The van der Waals surface area contributed by atoms with E-state index < -0.39 is 17.9 Å². The fraction of sp³-hybridized carbons (Fsp3) is 0.300. The number of methoxy groups -OCH3 is 1. The molecule has 0 fully saturated rings. The maximum Gasteiger partial charge on any atom is 0.338 e. The number of esters is 1. The summed E-state index contributed by atoms with van der Waals surface area (Å²) in [6, 6.07) is 13.6. The van der Waals surface area contributed by atoms with E-state index in [2.05, 4.69) is 10.1 Å². The van der Waals surface area contributed by atoms with Crippen molar-refractivity contribution in [2.24, 2.45) is 16.0 Å². The van der Waals surface area contributed by atoms with Gasteiger partial charge in [-0.05, 0) is 63.6 Å². The van der Waals surface area contributed by atoms with Gasteiger partial charge in [-0.25, -0.2) is 9.79 Å². The van der Waals surface area contributed by atoms with Gasteiger partial charge < -0.3 is 14.2 Å². The van der Waals surface area contributed by atoms with Crippen molar-refractivity contribution in [3.8, 4) is 11.5 Å². The number of hydrogen-bond acceptors (Lipinski definition) is 9. The molecule has 0 saturated carbocycles. The van der Waals surface area contributed by atoms with Gasteiger partial charge in [0.2, 0.25) is 0 Å². The number of ether oxygens (including phenoxy) is 3. The minimum Gasteiger partial charge on any atom is -0.493 e. The number of benzene rings is 2. The molecule has 41 heavy (non-hydrogen) atoms. The highest BCUT2D eigenvalue weighted by atomic mass is 32.1. The van der Waals surface area contributed by atoms with Crippen LogP contribution in [0.4, 0.5) is 5.69 Å². The molecule has 0 N–H and O–H groups in total. The largest absolute Gasteiger partial charge is 0.493 e. The first-order chi connectivity index (χ1) is 19.8. The number of allylic oxidation sites excluding steroid dienone is 1. The minimum atomic E-state index is -0.826. The molecule has 2 atom stereocenters. The van der Waals surface area contributed by atoms with Crippen LogP contribution >= 0.6 is 11.3 Å². The number of fused-ring (bicyclic) bond motifs is 1. The molecule has 0 radical (unpaired) electrons. The van der Waals surface area contributed by atoms with Crippen LogP contribution in [0.1, 0.15) is 39.3 Å². The highest BCUT2D eigenvalue weighted by Gasteiger charge is 2.36. The van der Waals surface area contributed by atoms with Gasteiger partial charge in [0.05, 0.1) is 53.6 Å². The van der Waals surface area contributed by atoms with Gasteiger partial charge in [-0.2, -0.15) is 10.1 Å².